The van der Waals surface area contributed by atoms with E-state index in [0.717, 1.165) is 0 Å². The van der Waals surface area contributed by atoms with Gasteiger partial charge in [0, 0.05) is 6.42 Å². The van der Waals surface area contributed by atoms with E-state index in [2.05, 4.69) is 11.9 Å². The molecule has 0 heterocycles. The summed E-state index contributed by atoms with van der Waals surface area (Å²) in [6, 6.07) is 0. The Labute approximate surface area is 64.9 Å². The topological polar surface area (TPSA) is 66.4 Å². The third-order valence-corrected chi connectivity index (χ3v) is 1.03. The smallest absolute Gasteiger partial charge is 0.351 e. The average Bonchev–Trinajstić information content (AvgIpc) is 1.87. The van der Waals surface area contributed by atoms with Crippen LogP contribution < -0.4 is 5.32 Å². The monoisotopic (exact) mass is 157 g/mol. The summed E-state index contributed by atoms with van der Waals surface area (Å²) in [4.78, 5) is 20.8. The van der Waals surface area contributed by atoms with Gasteiger partial charge in [-0.25, -0.2) is 4.79 Å². The quantitative estimate of drug-likeness (QED) is 0.584. The summed E-state index contributed by atoms with van der Waals surface area (Å²) in [5.41, 5.74) is -0.275. The molecule has 0 atom stereocenters. The van der Waals surface area contributed by atoms with Gasteiger partial charge in [0.1, 0.15) is 5.70 Å². The Morgan fingerprint density at radius 2 is 2.09 bits per heavy atom. The van der Waals surface area contributed by atoms with Crippen LogP contribution >= 0.6 is 0 Å². The van der Waals surface area contributed by atoms with E-state index in [4.69, 9.17) is 5.11 Å². The van der Waals surface area contributed by atoms with Gasteiger partial charge in [0.2, 0.25) is 5.91 Å². The maximum atomic E-state index is 10.7. The molecule has 0 aromatic rings. The normalized spacial score (nSPS) is 8.82. The second kappa shape index (κ2) is 4.49. The van der Waals surface area contributed by atoms with Crippen LogP contribution in [0.2, 0.25) is 0 Å². The molecule has 0 spiro atoms. The molecule has 0 aliphatic heterocycles. The maximum absolute atomic E-state index is 10.7. The molecule has 2 N–H and O–H groups in total. The molecule has 4 nitrogen and oxygen atoms in total. The SMILES string of the molecule is C=C(NC(=O)CCC)C(=O)O. The molecule has 0 fully saturated rings. The Kier molecular flexibility index (Phi) is 3.95. The van der Waals surface area contributed by atoms with Gasteiger partial charge in [0.15, 0.2) is 0 Å². The molecule has 0 unspecified atom stereocenters. The summed E-state index contributed by atoms with van der Waals surface area (Å²) in [6.07, 6.45) is 1.02. The summed E-state index contributed by atoms with van der Waals surface area (Å²) >= 11 is 0. The Hall–Kier alpha value is -1.32. The van der Waals surface area contributed by atoms with Crippen LogP contribution in [-0.2, 0) is 9.59 Å². The minimum atomic E-state index is -1.20. The standard InChI is InChI=1S/C7H11NO3/c1-3-4-6(9)8-5(2)7(10)11/h2-4H2,1H3,(H,8,9)(H,10,11). The lowest BCUT2D eigenvalue weighted by atomic mass is 10.3. The van der Waals surface area contributed by atoms with E-state index in [0.29, 0.717) is 12.8 Å². The van der Waals surface area contributed by atoms with Crippen LogP contribution in [0.15, 0.2) is 12.3 Å². The van der Waals surface area contributed by atoms with Gasteiger partial charge >= 0.3 is 5.97 Å². The van der Waals surface area contributed by atoms with Crippen molar-refractivity contribution >= 4 is 11.9 Å². The zero-order valence-corrected chi connectivity index (χ0v) is 6.39. The molecular weight excluding hydrogens is 146 g/mol. The number of aliphatic carboxylic acids is 1. The van der Waals surface area contributed by atoms with Crippen molar-refractivity contribution in [1.82, 2.24) is 5.32 Å². The van der Waals surface area contributed by atoms with Crippen LogP contribution in [0.4, 0.5) is 0 Å². The first-order chi connectivity index (χ1) is 5.07. The van der Waals surface area contributed by atoms with Crippen LogP contribution in [0.5, 0.6) is 0 Å². The molecule has 1 amide bonds. The van der Waals surface area contributed by atoms with Crippen molar-refractivity contribution in [2.75, 3.05) is 0 Å². The van der Waals surface area contributed by atoms with Gasteiger partial charge in [-0.2, -0.15) is 0 Å². The van der Waals surface area contributed by atoms with Crippen molar-refractivity contribution in [1.29, 1.82) is 0 Å². The first-order valence-electron chi connectivity index (χ1n) is 3.30. The highest BCUT2D eigenvalue weighted by atomic mass is 16.4. The van der Waals surface area contributed by atoms with Crippen LogP contribution in [0.1, 0.15) is 19.8 Å². The van der Waals surface area contributed by atoms with E-state index in [1.807, 2.05) is 6.92 Å². The zero-order valence-electron chi connectivity index (χ0n) is 6.39. The van der Waals surface area contributed by atoms with E-state index < -0.39 is 5.97 Å². The van der Waals surface area contributed by atoms with Crippen LogP contribution in [0, 0.1) is 0 Å². The molecule has 0 rings (SSSR count). The van der Waals surface area contributed by atoms with Crippen molar-refractivity contribution in [2.24, 2.45) is 0 Å². The minimum Gasteiger partial charge on any atom is -0.477 e. The predicted octanol–water partition coefficient (Wildman–Crippen LogP) is 0.501. The maximum Gasteiger partial charge on any atom is 0.351 e. The molecule has 0 aromatic heterocycles. The summed E-state index contributed by atoms with van der Waals surface area (Å²) in [5, 5.41) is 10.4. The third-order valence-electron chi connectivity index (χ3n) is 1.03. The van der Waals surface area contributed by atoms with Gasteiger partial charge in [-0.3, -0.25) is 4.79 Å². The first-order valence-corrected chi connectivity index (χ1v) is 3.30. The number of rotatable bonds is 4. The zero-order chi connectivity index (χ0) is 8.85. The van der Waals surface area contributed by atoms with E-state index in [-0.39, 0.29) is 11.6 Å². The number of hydrogen-bond donors (Lipinski definition) is 2. The number of hydrogen-bond acceptors (Lipinski definition) is 2. The highest BCUT2D eigenvalue weighted by Gasteiger charge is 2.06. The second-order valence-corrected chi connectivity index (χ2v) is 2.08. The number of carboxylic acids is 1. The predicted molar refractivity (Wildman–Crippen MR) is 39.8 cm³/mol. The Morgan fingerprint density at radius 1 is 1.55 bits per heavy atom. The minimum absolute atomic E-state index is 0.275. The Balaban J connectivity index is 3.76. The van der Waals surface area contributed by atoms with Crippen molar-refractivity contribution < 1.29 is 14.7 Å². The highest BCUT2D eigenvalue weighted by Crippen LogP contribution is 1.89. The fourth-order valence-corrected chi connectivity index (χ4v) is 0.511. The first kappa shape index (κ1) is 9.68. The Morgan fingerprint density at radius 3 is 2.45 bits per heavy atom. The van der Waals surface area contributed by atoms with Crippen LogP contribution in [0.25, 0.3) is 0 Å². The van der Waals surface area contributed by atoms with E-state index in [1.54, 1.807) is 0 Å². The van der Waals surface area contributed by atoms with Gasteiger partial charge in [0.25, 0.3) is 0 Å². The van der Waals surface area contributed by atoms with Gasteiger partial charge in [-0.05, 0) is 6.42 Å². The molecule has 11 heavy (non-hydrogen) atoms. The lowest BCUT2D eigenvalue weighted by Crippen LogP contribution is -2.25. The van der Waals surface area contributed by atoms with Crippen molar-refractivity contribution in [2.45, 2.75) is 19.8 Å². The molecule has 0 aliphatic carbocycles. The van der Waals surface area contributed by atoms with Gasteiger partial charge in [-0.1, -0.05) is 13.5 Å². The van der Waals surface area contributed by atoms with Gasteiger partial charge in [0.05, 0.1) is 0 Å². The summed E-state index contributed by atoms with van der Waals surface area (Å²) < 4.78 is 0. The molecule has 0 bridgehead atoms. The van der Waals surface area contributed by atoms with E-state index >= 15 is 0 Å². The van der Waals surface area contributed by atoms with E-state index in [9.17, 15) is 9.59 Å². The number of nitrogens with one attached hydrogen (secondary N) is 1. The fourth-order valence-electron chi connectivity index (χ4n) is 0.511. The van der Waals surface area contributed by atoms with Crippen LogP contribution in [0.3, 0.4) is 0 Å². The molecule has 62 valence electrons. The van der Waals surface area contributed by atoms with Gasteiger partial charge in [-0.15, -0.1) is 0 Å². The highest BCUT2D eigenvalue weighted by molar-refractivity contribution is 5.91. The lowest BCUT2D eigenvalue weighted by molar-refractivity contribution is -0.134. The summed E-state index contributed by atoms with van der Waals surface area (Å²) in [5.74, 6) is -1.51. The average molecular weight is 157 g/mol. The molecule has 0 saturated carbocycles. The summed E-state index contributed by atoms with van der Waals surface area (Å²) in [7, 11) is 0. The molecule has 0 radical (unpaired) electrons. The number of carbonyl (C=O) groups excluding carboxylic acids is 1. The lowest BCUT2D eigenvalue weighted by Gasteiger charge is -2.01. The summed E-state index contributed by atoms with van der Waals surface area (Å²) in [6.45, 7) is 4.98. The third kappa shape index (κ3) is 4.13. The molecule has 4 heteroatoms. The fraction of sp³-hybridized carbons (Fsp3) is 0.429. The number of amides is 1. The molecular formula is C7H11NO3. The van der Waals surface area contributed by atoms with Crippen molar-refractivity contribution in [3.05, 3.63) is 12.3 Å². The molecule has 0 aliphatic rings. The van der Waals surface area contributed by atoms with Crippen molar-refractivity contribution in [3.63, 3.8) is 0 Å². The van der Waals surface area contributed by atoms with Gasteiger partial charge < -0.3 is 10.4 Å². The largest absolute Gasteiger partial charge is 0.477 e. The molecule has 0 aromatic carbocycles. The Bertz CT molecular complexity index is 186. The second-order valence-electron chi connectivity index (χ2n) is 2.08. The van der Waals surface area contributed by atoms with E-state index in [1.165, 1.54) is 0 Å². The molecule has 0 saturated heterocycles. The number of carbonyl (C=O) groups is 2. The number of carboxylic acid groups (broad SMARTS) is 1. The van der Waals surface area contributed by atoms with Crippen molar-refractivity contribution in [3.8, 4) is 0 Å². The van der Waals surface area contributed by atoms with Crippen LogP contribution in [-0.4, -0.2) is 17.0 Å².